The number of hydrogen-bond donors (Lipinski definition) is 1. The normalized spacial score (nSPS) is 10.2. The molecule has 0 saturated heterocycles. The van der Waals surface area contributed by atoms with Gasteiger partial charge in [0.05, 0.1) is 24.2 Å². The zero-order valence-electron chi connectivity index (χ0n) is 13.0. The molecule has 1 amide bonds. The molecule has 0 radical (unpaired) electrons. The molecule has 0 saturated carbocycles. The number of nitrogens with one attached hydrogen (secondary N) is 1. The van der Waals surface area contributed by atoms with E-state index in [0.29, 0.717) is 5.56 Å². The first kappa shape index (κ1) is 17.9. The van der Waals surface area contributed by atoms with E-state index >= 15 is 0 Å². The summed E-state index contributed by atoms with van der Waals surface area (Å²) in [7, 11) is 1.29. The van der Waals surface area contributed by atoms with E-state index < -0.39 is 17.7 Å². The average Bonchev–Trinajstić information content (AvgIpc) is 2.41. The van der Waals surface area contributed by atoms with Gasteiger partial charge in [0.2, 0.25) is 0 Å². The minimum absolute atomic E-state index is 0.144. The van der Waals surface area contributed by atoms with E-state index in [1.165, 1.54) is 7.11 Å². The maximum atomic E-state index is 11.4. The molecule has 0 aromatic heterocycles. The number of rotatable bonds is 2. The zero-order valence-corrected chi connectivity index (χ0v) is 13.7. The number of halogens is 1. The number of amides is 1. The lowest BCUT2D eigenvalue weighted by Crippen LogP contribution is -2.32. The summed E-state index contributed by atoms with van der Waals surface area (Å²) in [6.07, 6.45) is -0.527. The molecule has 0 heterocycles. The van der Waals surface area contributed by atoms with Gasteiger partial charge in [0.25, 0.3) is 0 Å². The quantitative estimate of drug-likeness (QED) is 0.671. The highest BCUT2D eigenvalue weighted by Gasteiger charge is 2.15. The van der Waals surface area contributed by atoms with Gasteiger partial charge in [0.15, 0.2) is 0 Å². The summed E-state index contributed by atoms with van der Waals surface area (Å²) in [5.74, 6) is 5.10. The molecule has 0 atom stereocenters. The summed E-state index contributed by atoms with van der Waals surface area (Å²) in [6.45, 7) is 5.49. The fourth-order valence-electron chi connectivity index (χ4n) is 1.45. The van der Waals surface area contributed by atoms with Crippen LogP contribution in [0.25, 0.3) is 0 Å². The molecule has 1 aromatic rings. The summed E-state index contributed by atoms with van der Waals surface area (Å²) >= 11 is 5.98. The van der Waals surface area contributed by atoms with Gasteiger partial charge in [-0.1, -0.05) is 23.4 Å². The largest absolute Gasteiger partial charge is 0.465 e. The molecule has 5 nitrogen and oxygen atoms in total. The van der Waals surface area contributed by atoms with Gasteiger partial charge in [-0.2, -0.15) is 0 Å². The first-order valence-electron chi connectivity index (χ1n) is 6.56. The number of benzene rings is 1. The highest BCUT2D eigenvalue weighted by Crippen LogP contribution is 2.18. The Morgan fingerprint density at radius 3 is 2.55 bits per heavy atom. The molecule has 0 aliphatic carbocycles. The van der Waals surface area contributed by atoms with Crippen molar-refractivity contribution in [3.8, 4) is 11.8 Å². The first-order valence-corrected chi connectivity index (χ1v) is 6.94. The molecule has 0 spiro atoms. The van der Waals surface area contributed by atoms with Gasteiger partial charge < -0.3 is 14.8 Å². The van der Waals surface area contributed by atoms with Crippen LogP contribution in [0.4, 0.5) is 4.79 Å². The third kappa shape index (κ3) is 6.06. The Kier molecular flexibility index (Phi) is 6.26. The average molecular weight is 324 g/mol. The first-order chi connectivity index (χ1) is 10.2. The highest BCUT2D eigenvalue weighted by molar-refractivity contribution is 6.33. The number of alkyl carbamates (subject to hydrolysis) is 1. The molecule has 0 aliphatic heterocycles. The molecular formula is C16H18ClNO4. The molecule has 1 rings (SSSR count). The van der Waals surface area contributed by atoms with Crippen LogP contribution in [0.3, 0.4) is 0 Å². The molecule has 118 valence electrons. The summed E-state index contributed by atoms with van der Waals surface area (Å²) in [5.41, 5.74) is 0.361. The molecular weight excluding hydrogens is 306 g/mol. The summed E-state index contributed by atoms with van der Waals surface area (Å²) < 4.78 is 9.67. The minimum atomic E-state index is -0.547. The summed E-state index contributed by atoms with van der Waals surface area (Å²) in [5, 5.41) is 2.78. The SMILES string of the molecule is COC(=O)c1ccc(C#CCNC(=O)OC(C)(C)C)cc1Cl. The molecule has 1 N–H and O–H groups in total. The lowest BCUT2D eigenvalue weighted by atomic mass is 10.1. The molecule has 0 unspecified atom stereocenters. The Morgan fingerprint density at radius 1 is 1.32 bits per heavy atom. The van der Waals surface area contributed by atoms with E-state index in [9.17, 15) is 9.59 Å². The van der Waals surface area contributed by atoms with Crippen molar-refractivity contribution in [2.75, 3.05) is 13.7 Å². The number of carbonyl (C=O) groups is 2. The predicted molar refractivity (Wildman–Crippen MR) is 83.9 cm³/mol. The van der Waals surface area contributed by atoms with E-state index in [1.807, 2.05) is 0 Å². The fourth-order valence-corrected chi connectivity index (χ4v) is 1.70. The third-order valence-corrected chi connectivity index (χ3v) is 2.64. The van der Waals surface area contributed by atoms with Crippen LogP contribution < -0.4 is 5.32 Å². The molecule has 6 heteroatoms. The number of methoxy groups -OCH3 is 1. The van der Waals surface area contributed by atoms with E-state index in [0.717, 1.165) is 0 Å². The summed E-state index contributed by atoms with van der Waals surface area (Å²) in [4.78, 5) is 22.8. The van der Waals surface area contributed by atoms with Gasteiger partial charge in [0.1, 0.15) is 5.60 Å². The summed E-state index contributed by atoms with van der Waals surface area (Å²) in [6, 6.07) is 4.76. The Morgan fingerprint density at radius 2 is 2.00 bits per heavy atom. The topological polar surface area (TPSA) is 64.6 Å². The second kappa shape index (κ2) is 7.71. The van der Waals surface area contributed by atoms with Crippen molar-refractivity contribution in [2.45, 2.75) is 26.4 Å². The minimum Gasteiger partial charge on any atom is -0.465 e. The van der Waals surface area contributed by atoms with Crippen LogP contribution in [-0.4, -0.2) is 31.3 Å². The van der Waals surface area contributed by atoms with Crippen LogP contribution in [0.1, 0.15) is 36.7 Å². The van der Waals surface area contributed by atoms with Crippen LogP contribution in [0.15, 0.2) is 18.2 Å². The smallest absolute Gasteiger partial charge is 0.408 e. The van der Waals surface area contributed by atoms with Gasteiger partial charge in [-0.05, 0) is 39.0 Å². The lowest BCUT2D eigenvalue weighted by molar-refractivity contribution is 0.0533. The van der Waals surface area contributed by atoms with Crippen LogP contribution in [0, 0.1) is 11.8 Å². The maximum Gasteiger partial charge on any atom is 0.408 e. The second-order valence-corrected chi connectivity index (χ2v) is 5.75. The maximum absolute atomic E-state index is 11.4. The number of carbonyl (C=O) groups excluding carboxylic acids is 2. The number of esters is 1. The zero-order chi connectivity index (χ0) is 16.8. The van der Waals surface area contributed by atoms with Crippen LogP contribution in [0.5, 0.6) is 0 Å². The van der Waals surface area contributed by atoms with Crippen molar-refractivity contribution in [1.82, 2.24) is 5.32 Å². The standard InChI is InChI=1S/C16H18ClNO4/c1-16(2,3)22-15(20)18-9-5-6-11-7-8-12(13(17)10-11)14(19)21-4/h7-8,10H,9H2,1-4H3,(H,18,20). The number of ether oxygens (including phenoxy) is 2. The van der Waals surface area contributed by atoms with E-state index in [-0.39, 0.29) is 17.1 Å². The second-order valence-electron chi connectivity index (χ2n) is 5.34. The van der Waals surface area contributed by atoms with Crippen molar-refractivity contribution in [3.05, 3.63) is 34.3 Å². The molecule has 0 aliphatic rings. The Labute approximate surface area is 134 Å². The van der Waals surface area contributed by atoms with Crippen molar-refractivity contribution in [3.63, 3.8) is 0 Å². The Bertz CT molecular complexity index is 623. The van der Waals surface area contributed by atoms with Gasteiger partial charge in [-0.25, -0.2) is 9.59 Å². The molecule has 0 fully saturated rings. The van der Waals surface area contributed by atoms with Gasteiger partial charge >= 0.3 is 12.1 Å². The van der Waals surface area contributed by atoms with Gasteiger partial charge in [-0.3, -0.25) is 0 Å². The van der Waals surface area contributed by atoms with Gasteiger partial charge in [-0.15, -0.1) is 0 Å². The van der Waals surface area contributed by atoms with Gasteiger partial charge in [0, 0.05) is 5.56 Å². The molecule has 22 heavy (non-hydrogen) atoms. The van der Waals surface area contributed by atoms with Crippen molar-refractivity contribution in [1.29, 1.82) is 0 Å². The predicted octanol–water partition coefficient (Wildman–Crippen LogP) is 3.00. The monoisotopic (exact) mass is 323 g/mol. The van der Waals surface area contributed by atoms with Crippen molar-refractivity contribution < 1.29 is 19.1 Å². The van der Waals surface area contributed by atoms with E-state index in [1.54, 1.807) is 39.0 Å². The molecule has 1 aromatic carbocycles. The highest BCUT2D eigenvalue weighted by atomic mass is 35.5. The van der Waals surface area contributed by atoms with E-state index in [4.69, 9.17) is 16.3 Å². The number of hydrogen-bond acceptors (Lipinski definition) is 4. The Balaban J connectivity index is 2.61. The van der Waals surface area contributed by atoms with Crippen LogP contribution in [-0.2, 0) is 9.47 Å². The van der Waals surface area contributed by atoms with Crippen molar-refractivity contribution >= 4 is 23.7 Å². The third-order valence-electron chi connectivity index (χ3n) is 2.33. The van der Waals surface area contributed by atoms with E-state index in [2.05, 4.69) is 21.9 Å². The van der Waals surface area contributed by atoms with Crippen LogP contribution in [0.2, 0.25) is 5.02 Å². The lowest BCUT2D eigenvalue weighted by Gasteiger charge is -2.18. The van der Waals surface area contributed by atoms with Crippen molar-refractivity contribution in [2.24, 2.45) is 0 Å². The van der Waals surface area contributed by atoms with Crippen LogP contribution >= 0.6 is 11.6 Å². The Hall–Kier alpha value is -2.19. The fraction of sp³-hybridized carbons (Fsp3) is 0.375. The molecule has 0 bridgehead atoms.